The largest absolute Gasteiger partial charge is 0.327 e. The molecule has 1 saturated heterocycles. The third kappa shape index (κ3) is 4.64. The molecular formula is C19H30N3O3S+. The van der Waals surface area contributed by atoms with Gasteiger partial charge in [0.05, 0.1) is 18.0 Å². The van der Waals surface area contributed by atoms with Crippen LogP contribution in [0.25, 0.3) is 0 Å². The number of rotatable bonds is 6. The number of nitrogens with one attached hydrogen (secondary N) is 2. The van der Waals surface area contributed by atoms with Crippen molar-refractivity contribution in [2.24, 2.45) is 0 Å². The van der Waals surface area contributed by atoms with Gasteiger partial charge in [-0.2, -0.15) is 4.31 Å². The number of benzene rings is 1. The van der Waals surface area contributed by atoms with Gasteiger partial charge < -0.3 is 10.2 Å². The van der Waals surface area contributed by atoms with Crippen LogP contribution in [0.1, 0.15) is 44.9 Å². The molecule has 1 heterocycles. The van der Waals surface area contributed by atoms with Gasteiger partial charge in [0, 0.05) is 18.8 Å². The molecule has 0 bridgehead atoms. The van der Waals surface area contributed by atoms with Crippen LogP contribution in [0.4, 0.5) is 5.69 Å². The molecule has 1 unspecified atom stereocenters. The van der Waals surface area contributed by atoms with Crippen LogP contribution in [0, 0.1) is 0 Å². The van der Waals surface area contributed by atoms with Gasteiger partial charge >= 0.3 is 0 Å². The first kappa shape index (κ1) is 19.3. The van der Waals surface area contributed by atoms with Crippen LogP contribution >= 0.6 is 0 Å². The van der Waals surface area contributed by atoms with Gasteiger partial charge in [-0.3, -0.25) is 4.79 Å². The van der Waals surface area contributed by atoms with Crippen molar-refractivity contribution in [3.63, 3.8) is 0 Å². The van der Waals surface area contributed by atoms with E-state index in [0.29, 0.717) is 31.4 Å². The van der Waals surface area contributed by atoms with Crippen molar-refractivity contribution >= 4 is 21.6 Å². The molecule has 2 fully saturated rings. The first-order valence-corrected chi connectivity index (χ1v) is 11.1. The van der Waals surface area contributed by atoms with E-state index in [1.54, 1.807) is 24.3 Å². The minimum absolute atomic E-state index is 0.0659. The fourth-order valence-corrected chi connectivity index (χ4v) is 5.57. The van der Waals surface area contributed by atoms with Gasteiger partial charge in [0.2, 0.25) is 10.0 Å². The van der Waals surface area contributed by atoms with E-state index in [4.69, 9.17) is 0 Å². The Morgan fingerprint density at radius 3 is 2.54 bits per heavy atom. The highest BCUT2D eigenvalue weighted by molar-refractivity contribution is 7.89. The fourth-order valence-electron chi connectivity index (χ4n) is 4.01. The Morgan fingerprint density at radius 1 is 1.15 bits per heavy atom. The van der Waals surface area contributed by atoms with Crippen LogP contribution in [0.15, 0.2) is 29.2 Å². The molecular weight excluding hydrogens is 350 g/mol. The van der Waals surface area contributed by atoms with Crippen molar-refractivity contribution in [3.05, 3.63) is 24.3 Å². The number of anilines is 1. The number of nitrogens with zero attached hydrogens (tertiary/aromatic N) is 1. The molecule has 1 saturated carbocycles. The molecule has 0 spiro atoms. The molecule has 1 aliphatic carbocycles. The summed E-state index contributed by atoms with van der Waals surface area (Å²) in [6.45, 7) is 1.57. The smallest absolute Gasteiger partial charge is 0.279 e. The Labute approximate surface area is 156 Å². The highest BCUT2D eigenvalue weighted by atomic mass is 32.2. The van der Waals surface area contributed by atoms with E-state index in [9.17, 15) is 13.2 Å². The van der Waals surface area contributed by atoms with E-state index in [0.717, 1.165) is 12.8 Å². The topological polar surface area (TPSA) is 70.9 Å². The minimum atomic E-state index is -3.46. The molecule has 1 aliphatic heterocycles. The number of likely N-dealkylation sites (N-methyl/N-ethyl adjacent to an activating group) is 1. The van der Waals surface area contributed by atoms with Gasteiger partial charge in [-0.25, -0.2) is 8.42 Å². The van der Waals surface area contributed by atoms with Gasteiger partial charge in [-0.1, -0.05) is 12.5 Å². The summed E-state index contributed by atoms with van der Waals surface area (Å²) in [7, 11) is -1.39. The Balaban J connectivity index is 1.62. The third-order valence-electron chi connectivity index (χ3n) is 5.56. The maximum absolute atomic E-state index is 12.7. The standard InChI is InChI=1S/C19H29N3O3S/c1-21(17-9-3-2-4-10-17)15-19(23)20-16-8-7-11-18(14-16)26(24,25)22-12-5-6-13-22/h7-8,11,14,17H,2-6,9-10,12-13,15H2,1H3,(H,20,23)/p+1. The number of sulfonamides is 1. The van der Waals surface area contributed by atoms with Crippen LogP contribution in [-0.2, 0) is 14.8 Å². The van der Waals surface area contributed by atoms with Crippen molar-refractivity contribution in [3.8, 4) is 0 Å². The van der Waals surface area contributed by atoms with Crippen molar-refractivity contribution < 1.29 is 18.1 Å². The summed E-state index contributed by atoms with van der Waals surface area (Å²) in [5, 5.41) is 2.87. The highest BCUT2D eigenvalue weighted by Crippen LogP contribution is 2.23. The lowest BCUT2D eigenvalue weighted by Gasteiger charge is -2.27. The zero-order valence-corrected chi connectivity index (χ0v) is 16.4. The van der Waals surface area contributed by atoms with E-state index in [1.807, 2.05) is 0 Å². The quantitative estimate of drug-likeness (QED) is 0.780. The molecule has 1 aromatic carbocycles. The Morgan fingerprint density at radius 2 is 1.85 bits per heavy atom. The van der Waals surface area contributed by atoms with Crippen LogP contribution < -0.4 is 10.2 Å². The van der Waals surface area contributed by atoms with Crippen LogP contribution in [0.3, 0.4) is 0 Å². The number of hydrogen-bond donors (Lipinski definition) is 2. The first-order valence-electron chi connectivity index (χ1n) is 9.69. The highest BCUT2D eigenvalue weighted by Gasteiger charge is 2.27. The zero-order valence-electron chi connectivity index (χ0n) is 15.5. The van der Waals surface area contributed by atoms with Gasteiger partial charge in [-0.05, 0) is 56.7 Å². The molecule has 26 heavy (non-hydrogen) atoms. The molecule has 7 heteroatoms. The molecule has 2 aliphatic rings. The minimum Gasteiger partial charge on any atom is -0.327 e. The Hall–Kier alpha value is -1.44. The van der Waals surface area contributed by atoms with E-state index in [-0.39, 0.29) is 10.8 Å². The molecule has 1 aromatic rings. The van der Waals surface area contributed by atoms with Gasteiger partial charge in [-0.15, -0.1) is 0 Å². The second-order valence-corrected chi connectivity index (χ2v) is 9.48. The predicted molar refractivity (Wildman–Crippen MR) is 102 cm³/mol. The number of hydrogen-bond acceptors (Lipinski definition) is 3. The average molecular weight is 381 g/mol. The summed E-state index contributed by atoms with van der Waals surface area (Å²) in [6, 6.07) is 7.16. The fraction of sp³-hybridized carbons (Fsp3) is 0.632. The normalized spacial score (nSPS) is 20.8. The van der Waals surface area contributed by atoms with Gasteiger partial charge in [0.25, 0.3) is 5.91 Å². The van der Waals surface area contributed by atoms with Crippen LogP contribution in [-0.4, -0.2) is 51.4 Å². The lowest BCUT2D eigenvalue weighted by molar-refractivity contribution is -0.899. The summed E-state index contributed by atoms with van der Waals surface area (Å²) in [5.74, 6) is -0.0659. The zero-order chi connectivity index (χ0) is 18.6. The van der Waals surface area contributed by atoms with Crippen molar-refractivity contribution in [1.29, 1.82) is 0 Å². The summed E-state index contributed by atoms with van der Waals surface area (Å²) < 4.78 is 26.9. The van der Waals surface area contributed by atoms with Crippen LogP contribution in [0.2, 0.25) is 0 Å². The maximum atomic E-state index is 12.7. The number of amides is 1. The molecule has 144 valence electrons. The molecule has 1 amide bonds. The molecule has 2 N–H and O–H groups in total. The summed E-state index contributed by atoms with van der Waals surface area (Å²) in [5.41, 5.74) is 0.548. The number of quaternary nitrogens is 1. The molecule has 0 radical (unpaired) electrons. The first-order chi connectivity index (χ1) is 12.5. The second kappa shape index (κ2) is 8.50. The average Bonchev–Trinajstić information content (AvgIpc) is 3.18. The van der Waals surface area contributed by atoms with Crippen molar-refractivity contribution in [2.75, 3.05) is 32.0 Å². The lowest BCUT2D eigenvalue weighted by Crippen LogP contribution is -3.14. The van der Waals surface area contributed by atoms with E-state index < -0.39 is 10.0 Å². The molecule has 0 aromatic heterocycles. The molecule has 3 rings (SSSR count). The molecule has 1 atom stereocenters. The maximum Gasteiger partial charge on any atom is 0.279 e. The second-order valence-electron chi connectivity index (χ2n) is 7.55. The third-order valence-corrected chi connectivity index (χ3v) is 7.46. The van der Waals surface area contributed by atoms with Crippen molar-refractivity contribution in [1.82, 2.24) is 4.31 Å². The van der Waals surface area contributed by atoms with Crippen LogP contribution in [0.5, 0.6) is 0 Å². The summed E-state index contributed by atoms with van der Waals surface area (Å²) >= 11 is 0. The predicted octanol–water partition coefficient (Wildman–Crippen LogP) is 1.26. The monoisotopic (exact) mass is 380 g/mol. The lowest BCUT2D eigenvalue weighted by atomic mass is 9.94. The SMILES string of the molecule is C[NH+](CC(=O)Nc1cccc(S(=O)(=O)N2CCCC2)c1)C1CCCCC1. The van der Waals surface area contributed by atoms with E-state index in [2.05, 4.69) is 12.4 Å². The summed E-state index contributed by atoms with van der Waals surface area (Å²) in [6.07, 6.45) is 7.98. The Kier molecular flexibility index (Phi) is 6.32. The molecule has 6 nitrogen and oxygen atoms in total. The van der Waals surface area contributed by atoms with Gasteiger partial charge in [0.1, 0.15) is 0 Å². The summed E-state index contributed by atoms with van der Waals surface area (Å²) in [4.78, 5) is 13.9. The van der Waals surface area contributed by atoms with Crippen molar-refractivity contribution in [2.45, 2.75) is 55.9 Å². The number of carbonyl (C=O) groups is 1. The van der Waals surface area contributed by atoms with E-state index in [1.165, 1.54) is 41.3 Å². The Bertz CT molecular complexity index is 723. The van der Waals surface area contributed by atoms with E-state index >= 15 is 0 Å². The number of carbonyl (C=O) groups excluding carboxylic acids is 1. The van der Waals surface area contributed by atoms with Gasteiger partial charge in [0.15, 0.2) is 6.54 Å².